The zero-order valence-corrected chi connectivity index (χ0v) is 11.0. The highest BCUT2D eigenvalue weighted by atomic mass is 19.1. The van der Waals surface area contributed by atoms with Crippen molar-refractivity contribution in [2.45, 2.75) is 38.6 Å². The summed E-state index contributed by atoms with van der Waals surface area (Å²) in [7, 11) is 1.94. The lowest BCUT2D eigenvalue weighted by atomic mass is 9.76. The van der Waals surface area contributed by atoms with E-state index in [0.717, 1.165) is 12.8 Å². The van der Waals surface area contributed by atoms with Crippen molar-refractivity contribution in [1.82, 2.24) is 5.32 Å². The van der Waals surface area contributed by atoms with E-state index in [1.54, 1.807) is 0 Å². The molecule has 1 saturated carbocycles. The lowest BCUT2D eigenvalue weighted by molar-refractivity contribution is 0.217. The average Bonchev–Trinajstić information content (AvgIpc) is 2.34. The first kappa shape index (κ1) is 13.5. The molecule has 0 heterocycles. The molecule has 1 aromatic carbocycles. The molecule has 1 aliphatic rings. The van der Waals surface area contributed by atoms with Gasteiger partial charge in [0.15, 0.2) is 0 Å². The topological polar surface area (TPSA) is 12.0 Å². The highest BCUT2D eigenvalue weighted by Crippen LogP contribution is 2.32. The van der Waals surface area contributed by atoms with E-state index in [-0.39, 0.29) is 5.56 Å². The first-order valence-corrected chi connectivity index (χ1v) is 6.72. The Bertz CT molecular complexity index is 385. The van der Waals surface area contributed by atoms with Crippen LogP contribution in [-0.2, 0) is 6.42 Å². The van der Waals surface area contributed by atoms with Crippen LogP contribution >= 0.6 is 0 Å². The summed E-state index contributed by atoms with van der Waals surface area (Å²) in [6, 6.07) is 4.49. The van der Waals surface area contributed by atoms with E-state index in [4.69, 9.17) is 0 Å². The van der Waals surface area contributed by atoms with E-state index in [2.05, 4.69) is 12.2 Å². The molecule has 0 bridgehead atoms. The van der Waals surface area contributed by atoms with Gasteiger partial charge in [-0.3, -0.25) is 0 Å². The largest absolute Gasteiger partial charge is 0.317 e. The number of hydrogen-bond acceptors (Lipinski definition) is 1. The third-order valence-electron chi connectivity index (χ3n) is 4.14. The predicted molar refractivity (Wildman–Crippen MR) is 69.4 cm³/mol. The molecule has 0 radical (unpaired) electrons. The fraction of sp³-hybridized carbons (Fsp3) is 0.600. The standard InChI is InChI=1S/C15H21F2N/c1-10-6-7-15(18-2)11(8-10)9-12-13(16)4-3-5-14(12)17/h3-5,10-11,15,18H,6-9H2,1-2H3. The van der Waals surface area contributed by atoms with Crippen LogP contribution in [0.15, 0.2) is 18.2 Å². The van der Waals surface area contributed by atoms with Crippen molar-refractivity contribution in [2.75, 3.05) is 7.05 Å². The summed E-state index contributed by atoms with van der Waals surface area (Å²) >= 11 is 0. The first-order chi connectivity index (χ1) is 8.61. The third kappa shape index (κ3) is 2.89. The van der Waals surface area contributed by atoms with Gasteiger partial charge in [0.25, 0.3) is 0 Å². The summed E-state index contributed by atoms with van der Waals surface area (Å²) in [5.41, 5.74) is 0.247. The Morgan fingerprint density at radius 2 is 1.89 bits per heavy atom. The maximum Gasteiger partial charge on any atom is 0.129 e. The van der Waals surface area contributed by atoms with E-state index in [1.165, 1.54) is 24.6 Å². The average molecular weight is 253 g/mol. The first-order valence-electron chi connectivity index (χ1n) is 6.72. The molecule has 1 nitrogen and oxygen atoms in total. The van der Waals surface area contributed by atoms with Gasteiger partial charge < -0.3 is 5.32 Å². The second-order valence-corrected chi connectivity index (χ2v) is 5.48. The zero-order valence-electron chi connectivity index (χ0n) is 11.0. The highest BCUT2D eigenvalue weighted by Gasteiger charge is 2.29. The van der Waals surface area contributed by atoms with Crippen molar-refractivity contribution in [3.8, 4) is 0 Å². The van der Waals surface area contributed by atoms with Gasteiger partial charge in [0.1, 0.15) is 11.6 Å². The molecule has 0 amide bonds. The van der Waals surface area contributed by atoms with Crippen molar-refractivity contribution in [3.63, 3.8) is 0 Å². The smallest absolute Gasteiger partial charge is 0.129 e. The van der Waals surface area contributed by atoms with Gasteiger partial charge in [0.2, 0.25) is 0 Å². The molecular weight excluding hydrogens is 232 g/mol. The summed E-state index contributed by atoms with van der Waals surface area (Å²) in [5, 5.41) is 3.29. The van der Waals surface area contributed by atoms with E-state index >= 15 is 0 Å². The van der Waals surface area contributed by atoms with Gasteiger partial charge in [0, 0.05) is 11.6 Å². The Morgan fingerprint density at radius 3 is 2.50 bits per heavy atom. The second kappa shape index (κ2) is 5.79. The Kier molecular flexibility index (Phi) is 4.33. The summed E-state index contributed by atoms with van der Waals surface area (Å²) in [6.45, 7) is 2.22. The van der Waals surface area contributed by atoms with Crippen LogP contribution in [0.25, 0.3) is 0 Å². The van der Waals surface area contributed by atoms with Gasteiger partial charge in [-0.25, -0.2) is 8.78 Å². The fourth-order valence-corrected chi connectivity index (χ4v) is 3.09. The third-order valence-corrected chi connectivity index (χ3v) is 4.14. The fourth-order valence-electron chi connectivity index (χ4n) is 3.09. The van der Waals surface area contributed by atoms with Gasteiger partial charge in [-0.1, -0.05) is 13.0 Å². The van der Waals surface area contributed by atoms with Crippen LogP contribution in [0.4, 0.5) is 8.78 Å². The predicted octanol–water partition coefficient (Wildman–Crippen LogP) is 3.53. The summed E-state index contributed by atoms with van der Waals surface area (Å²) in [4.78, 5) is 0. The lowest BCUT2D eigenvalue weighted by Crippen LogP contribution is -2.39. The van der Waals surface area contributed by atoms with E-state index in [9.17, 15) is 8.78 Å². The van der Waals surface area contributed by atoms with Gasteiger partial charge in [-0.05, 0) is 56.7 Å². The monoisotopic (exact) mass is 253 g/mol. The van der Waals surface area contributed by atoms with E-state index in [0.29, 0.717) is 24.3 Å². The van der Waals surface area contributed by atoms with Crippen molar-refractivity contribution < 1.29 is 8.78 Å². The van der Waals surface area contributed by atoms with Crippen LogP contribution in [0.3, 0.4) is 0 Å². The van der Waals surface area contributed by atoms with Crippen molar-refractivity contribution >= 4 is 0 Å². The van der Waals surface area contributed by atoms with Crippen LogP contribution in [0.5, 0.6) is 0 Å². The van der Waals surface area contributed by atoms with Crippen molar-refractivity contribution in [1.29, 1.82) is 0 Å². The number of nitrogens with one attached hydrogen (secondary N) is 1. The molecule has 1 aliphatic carbocycles. The minimum absolute atomic E-state index is 0.247. The molecule has 1 aromatic rings. The Hall–Kier alpha value is -0.960. The van der Waals surface area contributed by atoms with E-state index < -0.39 is 11.6 Å². The van der Waals surface area contributed by atoms with Gasteiger partial charge in [-0.2, -0.15) is 0 Å². The van der Waals surface area contributed by atoms with Gasteiger partial charge in [-0.15, -0.1) is 0 Å². The number of rotatable bonds is 3. The minimum Gasteiger partial charge on any atom is -0.317 e. The van der Waals surface area contributed by atoms with E-state index in [1.807, 2.05) is 7.05 Å². The Balaban J connectivity index is 2.15. The molecule has 100 valence electrons. The molecule has 18 heavy (non-hydrogen) atoms. The molecule has 0 spiro atoms. The molecule has 3 unspecified atom stereocenters. The number of hydrogen-bond donors (Lipinski definition) is 1. The van der Waals surface area contributed by atoms with Crippen molar-refractivity contribution in [2.24, 2.45) is 11.8 Å². The normalized spacial score (nSPS) is 28.3. The van der Waals surface area contributed by atoms with Crippen LogP contribution < -0.4 is 5.32 Å². The number of benzene rings is 1. The Morgan fingerprint density at radius 1 is 1.22 bits per heavy atom. The molecule has 1 N–H and O–H groups in total. The summed E-state index contributed by atoms with van der Waals surface area (Å²) in [6.07, 6.45) is 3.83. The molecule has 0 aliphatic heterocycles. The highest BCUT2D eigenvalue weighted by molar-refractivity contribution is 5.20. The molecule has 0 saturated heterocycles. The molecule has 3 heteroatoms. The van der Waals surface area contributed by atoms with Crippen LogP contribution in [0, 0.1) is 23.5 Å². The quantitative estimate of drug-likeness (QED) is 0.869. The maximum absolute atomic E-state index is 13.7. The van der Waals surface area contributed by atoms with Gasteiger partial charge >= 0.3 is 0 Å². The minimum atomic E-state index is -0.414. The lowest BCUT2D eigenvalue weighted by Gasteiger charge is -2.35. The molecule has 1 fully saturated rings. The molecular formula is C15H21F2N. The summed E-state index contributed by atoms with van der Waals surface area (Å²) < 4.78 is 27.3. The van der Waals surface area contributed by atoms with Crippen LogP contribution in [0.1, 0.15) is 31.7 Å². The summed E-state index contributed by atoms with van der Waals surface area (Å²) in [5.74, 6) is 0.144. The number of halogens is 2. The molecule has 2 rings (SSSR count). The van der Waals surface area contributed by atoms with Gasteiger partial charge in [0.05, 0.1) is 0 Å². The van der Waals surface area contributed by atoms with Crippen LogP contribution in [-0.4, -0.2) is 13.1 Å². The molecule has 0 aromatic heterocycles. The van der Waals surface area contributed by atoms with Crippen LogP contribution in [0.2, 0.25) is 0 Å². The molecule has 3 atom stereocenters. The maximum atomic E-state index is 13.7. The second-order valence-electron chi connectivity index (χ2n) is 5.48. The Labute approximate surface area is 108 Å². The van der Waals surface area contributed by atoms with Crippen molar-refractivity contribution in [3.05, 3.63) is 35.4 Å². The SMILES string of the molecule is CNC1CCC(C)CC1Cc1c(F)cccc1F. The zero-order chi connectivity index (χ0) is 13.1.